The van der Waals surface area contributed by atoms with Gasteiger partial charge in [-0.05, 0) is 152 Å². The molecule has 2 aliphatic rings. The molecule has 0 saturated carbocycles. The molecule has 0 N–H and O–H groups in total. The predicted octanol–water partition coefficient (Wildman–Crippen LogP) is 17.0. The number of para-hydroxylation sites is 2. The molecule has 2 aliphatic heterocycles. The Bertz CT molecular complexity index is 5420. The fraction of sp³-hybridized carbons (Fsp3) is 0. The Morgan fingerprint density at radius 1 is 0.216 bits per heavy atom. The van der Waals surface area contributed by atoms with Crippen LogP contribution in [0.15, 0.2) is 425 Å². The summed E-state index contributed by atoms with van der Waals surface area (Å²) in [7, 11) is -5.87. The molecule has 0 fully saturated rings. The highest BCUT2D eigenvalue weighted by Crippen LogP contribution is 2.50. The minimum Gasteiger partial charge on any atom is -0.311 e. The molecule has 480 valence electrons. The van der Waals surface area contributed by atoms with Gasteiger partial charge in [0.2, 0.25) is 0 Å². The summed E-state index contributed by atoms with van der Waals surface area (Å²) in [5.41, 5.74) is 20.4. The zero-order valence-corrected chi connectivity index (χ0v) is 58.3. The lowest BCUT2D eigenvalue weighted by atomic mass is 9.33. The van der Waals surface area contributed by atoms with Crippen molar-refractivity contribution in [2.24, 2.45) is 0 Å². The topological polar surface area (TPSA) is 9.72 Å². The third-order valence-corrected chi connectivity index (χ3v) is 30.7. The maximum absolute atomic E-state index is 2.94. The Balaban J connectivity index is 0.939. The molecule has 16 aromatic rings. The van der Waals surface area contributed by atoms with Gasteiger partial charge in [0.05, 0.1) is 11.4 Å². The van der Waals surface area contributed by atoms with Gasteiger partial charge in [0.1, 0.15) is 0 Å². The SMILES string of the molecule is c1ccc(-c2ccc3c(c2)B2c4ccc(-c5ccccc5)cc4N(c4ccc([Si](c5ccccc5)(c5ccccc5)c5ccccc5)cc4)c4cc(N(c5ccccc5)c5ccccc5-c5ccccc5)cc(c42)N3c2ccc([Si](c3ccccc3)(c3ccccc3)c3ccccc3)cc2)cc1. The molecule has 102 heavy (non-hydrogen) atoms. The summed E-state index contributed by atoms with van der Waals surface area (Å²) in [6.45, 7) is -0.195. The maximum Gasteiger partial charge on any atom is 0.252 e. The highest BCUT2D eigenvalue weighted by atomic mass is 28.3. The molecule has 18 rings (SSSR count). The Morgan fingerprint density at radius 2 is 0.549 bits per heavy atom. The van der Waals surface area contributed by atoms with Crippen molar-refractivity contribution in [1.29, 1.82) is 0 Å². The summed E-state index contributed by atoms with van der Waals surface area (Å²) in [6, 6.07) is 159. The second kappa shape index (κ2) is 26.6. The van der Waals surface area contributed by atoms with E-state index in [9.17, 15) is 0 Å². The smallest absolute Gasteiger partial charge is 0.252 e. The second-order valence-electron chi connectivity index (χ2n) is 26.6. The predicted molar refractivity (Wildman–Crippen MR) is 439 cm³/mol. The number of anilines is 9. The lowest BCUT2D eigenvalue weighted by molar-refractivity contribution is 1.23. The number of fused-ring (bicyclic) bond motifs is 4. The molecule has 6 heteroatoms. The molecule has 0 spiro atoms. The van der Waals surface area contributed by atoms with E-state index in [-0.39, 0.29) is 6.71 Å². The van der Waals surface area contributed by atoms with Gasteiger partial charge in [-0.3, -0.25) is 0 Å². The van der Waals surface area contributed by atoms with Crippen LogP contribution >= 0.6 is 0 Å². The summed E-state index contributed by atoms with van der Waals surface area (Å²) < 4.78 is 0. The van der Waals surface area contributed by atoms with E-state index in [1.54, 1.807) is 0 Å². The third-order valence-electron chi connectivity index (χ3n) is 21.1. The molecule has 0 bridgehead atoms. The van der Waals surface area contributed by atoms with E-state index >= 15 is 0 Å². The van der Waals surface area contributed by atoms with Crippen molar-refractivity contribution in [3.63, 3.8) is 0 Å². The van der Waals surface area contributed by atoms with Crippen LogP contribution in [-0.4, -0.2) is 22.9 Å². The molecule has 2 heterocycles. The third kappa shape index (κ3) is 10.6. The summed E-state index contributed by atoms with van der Waals surface area (Å²) in [5, 5.41) is 10.6. The van der Waals surface area contributed by atoms with E-state index in [1.165, 1.54) is 69.0 Å². The van der Waals surface area contributed by atoms with Gasteiger partial charge in [-0.1, -0.05) is 358 Å². The van der Waals surface area contributed by atoms with Crippen LogP contribution in [0.2, 0.25) is 0 Å². The Hall–Kier alpha value is -12.6. The van der Waals surface area contributed by atoms with Crippen LogP contribution in [0, 0.1) is 0 Å². The van der Waals surface area contributed by atoms with Gasteiger partial charge >= 0.3 is 0 Å². The van der Waals surface area contributed by atoms with E-state index < -0.39 is 16.1 Å². The molecule has 0 unspecified atom stereocenters. The van der Waals surface area contributed by atoms with Gasteiger partial charge in [0, 0.05) is 45.4 Å². The molecule has 0 atom stereocenters. The second-order valence-corrected chi connectivity index (χ2v) is 34.2. The van der Waals surface area contributed by atoms with Gasteiger partial charge in [0.15, 0.2) is 16.1 Å². The van der Waals surface area contributed by atoms with Crippen molar-refractivity contribution < 1.29 is 0 Å². The standard InChI is InChI=1S/C96H70BN3Si2/c1-11-33-71(34-12-1)74-56-66-92-90(67-74)97-89-65-55-75(72-35-13-2-14-36-72)68-93(89)100(78-59-63-87(64-60-78)102(83-47-25-8-26-48-83,84-49-27-9-28-50-84)85-51-29-10-30-52-85)95-70-79(98(76-39-17-4-18-40-76)91-54-32-31-53-88(91)73-37-15-3-16-38-73)69-94(96(95)97)99(92)77-57-61-86(62-58-77)101(80-41-19-5-20-42-80,81-43-21-6-22-44-81)82-45-23-7-24-46-82/h1-70H. The quantitative estimate of drug-likeness (QED) is 0.0705. The van der Waals surface area contributed by atoms with Gasteiger partial charge in [-0.2, -0.15) is 0 Å². The summed E-state index contributed by atoms with van der Waals surface area (Å²) >= 11 is 0. The number of rotatable bonds is 16. The van der Waals surface area contributed by atoms with Crippen LogP contribution in [0.1, 0.15) is 0 Å². The van der Waals surface area contributed by atoms with Crippen molar-refractivity contribution in [1.82, 2.24) is 0 Å². The van der Waals surface area contributed by atoms with Crippen LogP contribution in [0.3, 0.4) is 0 Å². The molecular formula is C96H70BN3Si2. The zero-order chi connectivity index (χ0) is 67.8. The average Bonchev–Trinajstić information content (AvgIpc) is 0.693. The first-order chi connectivity index (χ1) is 50.6. The highest BCUT2D eigenvalue weighted by molar-refractivity contribution is 7.20. The summed E-state index contributed by atoms with van der Waals surface area (Å²) in [5.74, 6) is 0. The van der Waals surface area contributed by atoms with Gasteiger partial charge in [0.25, 0.3) is 6.71 Å². The summed E-state index contributed by atoms with van der Waals surface area (Å²) in [6.07, 6.45) is 0. The van der Waals surface area contributed by atoms with Crippen LogP contribution in [0.5, 0.6) is 0 Å². The Labute approximate surface area is 600 Å². The average molecular weight is 1330 g/mol. The minimum absolute atomic E-state index is 0.195. The van der Waals surface area contributed by atoms with E-state index in [1.807, 2.05) is 0 Å². The minimum atomic E-state index is -2.94. The number of nitrogens with zero attached hydrogens (tertiary/aromatic N) is 3. The normalized spacial score (nSPS) is 12.3. The first kappa shape index (κ1) is 61.7. The molecule has 0 radical (unpaired) electrons. The number of hydrogen-bond donors (Lipinski definition) is 0. The highest BCUT2D eigenvalue weighted by Gasteiger charge is 2.47. The fourth-order valence-electron chi connectivity index (χ4n) is 16.7. The Kier molecular flexibility index (Phi) is 16.1. The molecule has 0 saturated heterocycles. The molecule has 3 nitrogen and oxygen atoms in total. The van der Waals surface area contributed by atoms with Crippen LogP contribution in [0.25, 0.3) is 33.4 Å². The van der Waals surface area contributed by atoms with E-state index in [0.29, 0.717) is 0 Å². The van der Waals surface area contributed by atoms with Crippen LogP contribution in [-0.2, 0) is 0 Å². The maximum atomic E-state index is 2.61. The van der Waals surface area contributed by atoms with Crippen molar-refractivity contribution in [2.45, 2.75) is 0 Å². The van der Waals surface area contributed by atoms with Gasteiger partial charge < -0.3 is 14.7 Å². The molecule has 0 aliphatic carbocycles. The van der Waals surface area contributed by atoms with E-state index in [0.717, 1.165) is 73.4 Å². The Morgan fingerprint density at radius 3 is 0.971 bits per heavy atom. The largest absolute Gasteiger partial charge is 0.311 e. The van der Waals surface area contributed by atoms with Crippen molar-refractivity contribution in [3.05, 3.63) is 425 Å². The molecule has 0 aromatic heterocycles. The van der Waals surface area contributed by atoms with Gasteiger partial charge in [-0.15, -0.1) is 0 Å². The van der Waals surface area contributed by atoms with E-state index in [2.05, 4.69) is 439 Å². The molecular weight excluding hydrogens is 1260 g/mol. The lowest BCUT2D eigenvalue weighted by Crippen LogP contribution is -2.74. The zero-order valence-electron chi connectivity index (χ0n) is 56.3. The molecule has 16 aromatic carbocycles. The summed E-state index contributed by atoms with van der Waals surface area (Å²) in [4.78, 5) is 7.71. The van der Waals surface area contributed by atoms with Crippen LogP contribution < -0.4 is 72.6 Å². The first-order valence-electron chi connectivity index (χ1n) is 35.3. The first-order valence-corrected chi connectivity index (χ1v) is 39.3. The van der Waals surface area contributed by atoms with Crippen molar-refractivity contribution in [3.8, 4) is 33.4 Å². The van der Waals surface area contributed by atoms with Crippen molar-refractivity contribution in [2.75, 3.05) is 14.7 Å². The van der Waals surface area contributed by atoms with Gasteiger partial charge in [-0.25, -0.2) is 0 Å². The van der Waals surface area contributed by atoms with Crippen molar-refractivity contribution >= 4 is 132 Å². The fourth-order valence-corrected chi connectivity index (χ4v) is 26.2. The number of benzene rings is 16. The number of hydrogen-bond acceptors (Lipinski definition) is 3. The monoisotopic (exact) mass is 1330 g/mol. The molecule has 0 amide bonds. The van der Waals surface area contributed by atoms with E-state index in [4.69, 9.17) is 0 Å². The lowest BCUT2D eigenvalue weighted by Gasteiger charge is -2.45. The van der Waals surface area contributed by atoms with Crippen LogP contribution in [0.4, 0.5) is 51.2 Å².